The van der Waals surface area contributed by atoms with Crippen molar-refractivity contribution in [3.05, 3.63) is 204 Å². The highest BCUT2D eigenvalue weighted by Gasteiger charge is 2.46. The van der Waals surface area contributed by atoms with E-state index in [-0.39, 0.29) is 17.4 Å². The van der Waals surface area contributed by atoms with Crippen molar-refractivity contribution < 1.29 is 0 Å². The predicted octanol–water partition coefficient (Wildman–Crippen LogP) is 20.9. The first-order valence-electron chi connectivity index (χ1n) is 28.7. The molecular weight excluding hydrogens is 1010 g/mol. The van der Waals surface area contributed by atoms with Crippen LogP contribution >= 0.6 is 40.1 Å². The average molecular weight is 1090 g/mol. The van der Waals surface area contributed by atoms with E-state index in [1.165, 1.54) is 115 Å². The molecule has 2 aliphatic carbocycles. The lowest BCUT2D eigenvalue weighted by Gasteiger charge is -2.47. The van der Waals surface area contributed by atoms with Gasteiger partial charge in [0.1, 0.15) is 0 Å². The number of fused-ring (bicyclic) bond motifs is 16. The molecule has 77 heavy (non-hydrogen) atoms. The molecule has 7 aromatic rings. The first kappa shape index (κ1) is 51.0. The molecule has 6 aliphatic heterocycles. The zero-order chi connectivity index (χ0) is 53.1. The van der Waals surface area contributed by atoms with Crippen molar-refractivity contribution in [3.8, 4) is 22.3 Å². The van der Waals surface area contributed by atoms with E-state index >= 15 is 0 Å². The summed E-state index contributed by atoms with van der Waals surface area (Å²) in [6.45, 7) is 10.5. The molecule has 3 unspecified atom stereocenters. The standard InChI is InChI=1S/C67H66N2S4.2C2H6/c1-67(47-29-33-55-52(41-47)49-18-6-10-22-59(49)72(36-14-15-37-72)60-23-11-7-19-56(60)68-55)35-34-51-54-42-53-50-32-28-46(40-63(50)70(2,3)64(53)43-65(54)71(4,5)66(51)44-67)45-26-30-48(31-27-45)69-57-20-8-12-24-61(57)73(38-16-17-39-73)62-25-13-9-21-58(62)69;2*1-2/h6-13,18-34,40-44,52,55,68H,14-17,35-39H2,1-5H3;2*1-2H3. The molecule has 6 heterocycles. The molecule has 0 bridgehead atoms. The van der Waals surface area contributed by atoms with E-state index < -0.39 is 40.1 Å². The molecule has 2 spiro atoms. The average Bonchev–Trinajstić information content (AvgIpc) is 4.47. The Hall–Kier alpha value is -5.50. The van der Waals surface area contributed by atoms with Crippen LogP contribution in [-0.4, -0.2) is 54.1 Å². The second-order valence-corrected chi connectivity index (χ2v) is 37.0. The molecule has 0 aromatic heterocycles. The molecule has 15 rings (SSSR count). The number of hydrogen-bond donors (Lipinski definition) is 1. The van der Waals surface area contributed by atoms with Crippen molar-refractivity contribution in [2.75, 3.05) is 58.3 Å². The maximum absolute atomic E-state index is 4.13. The van der Waals surface area contributed by atoms with Crippen LogP contribution in [0.15, 0.2) is 227 Å². The van der Waals surface area contributed by atoms with Crippen molar-refractivity contribution in [1.29, 1.82) is 0 Å². The topological polar surface area (TPSA) is 15.3 Å². The monoisotopic (exact) mass is 1090 g/mol. The number of allylic oxidation sites excluding steroid dienone is 5. The van der Waals surface area contributed by atoms with E-state index in [4.69, 9.17) is 0 Å². The lowest BCUT2D eigenvalue weighted by Crippen LogP contribution is -2.32. The largest absolute Gasteiger partial charge is 0.377 e. The Morgan fingerprint density at radius 1 is 0.519 bits per heavy atom. The normalized spacial score (nSPS) is 24.8. The van der Waals surface area contributed by atoms with Crippen LogP contribution in [0.1, 0.15) is 83.8 Å². The Labute approximate surface area is 467 Å². The SMILES string of the molecule is CC.CC.CC1(C2=CC3c4ccccc4S4(CCCC4)c4ccccc4NC3C=C2)C=C2C(=CC1)c1cc3c(cc1S2(C)C)S(C)(C)c1cc(-c2ccc(N4c5ccccc5S5(CCCC5)c5ccccc54)cc2)ccc1-3. The summed E-state index contributed by atoms with van der Waals surface area (Å²) in [5.41, 5.74) is 16.7. The fraction of sp³-hybridized carbons (Fsp3) is 0.296. The highest BCUT2D eigenvalue weighted by atomic mass is 32.3. The van der Waals surface area contributed by atoms with Gasteiger partial charge in [-0.05, 0) is 207 Å². The fourth-order valence-electron chi connectivity index (χ4n) is 14.7. The minimum Gasteiger partial charge on any atom is -0.377 e. The van der Waals surface area contributed by atoms with Crippen LogP contribution in [0, 0.1) is 5.41 Å². The lowest BCUT2D eigenvalue weighted by atomic mass is 9.71. The molecule has 6 heteroatoms. The van der Waals surface area contributed by atoms with Gasteiger partial charge in [0.15, 0.2) is 0 Å². The van der Waals surface area contributed by atoms with Crippen molar-refractivity contribution in [2.24, 2.45) is 5.41 Å². The summed E-state index contributed by atoms with van der Waals surface area (Å²) in [6.07, 6.45) is 29.6. The second-order valence-electron chi connectivity index (χ2n) is 23.0. The van der Waals surface area contributed by atoms with Gasteiger partial charge < -0.3 is 10.2 Å². The summed E-state index contributed by atoms with van der Waals surface area (Å²) in [5.74, 6) is 5.52. The zero-order valence-electron chi connectivity index (χ0n) is 46.9. The Morgan fingerprint density at radius 2 is 1.08 bits per heavy atom. The first-order chi connectivity index (χ1) is 37.5. The number of para-hydroxylation sites is 3. The van der Waals surface area contributed by atoms with Crippen LogP contribution in [0.25, 0.3) is 27.8 Å². The summed E-state index contributed by atoms with van der Waals surface area (Å²) >= 11 is 0. The molecule has 7 aromatic carbocycles. The molecule has 2 nitrogen and oxygen atoms in total. The Bertz CT molecular complexity index is 3590. The van der Waals surface area contributed by atoms with Crippen molar-refractivity contribution in [1.82, 2.24) is 0 Å². The molecule has 396 valence electrons. The lowest BCUT2D eigenvalue weighted by molar-refractivity contribution is 0.520. The van der Waals surface area contributed by atoms with Gasteiger partial charge >= 0.3 is 0 Å². The maximum atomic E-state index is 4.13. The molecule has 2 fully saturated rings. The third-order valence-corrected chi connectivity index (χ3v) is 33.0. The van der Waals surface area contributed by atoms with Gasteiger partial charge in [0.05, 0.1) is 17.4 Å². The van der Waals surface area contributed by atoms with Crippen molar-refractivity contribution in [3.63, 3.8) is 0 Å². The number of rotatable bonds is 3. The third kappa shape index (κ3) is 7.54. The van der Waals surface area contributed by atoms with E-state index in [2.05, 4.69) is 224 Å². The summed E-state index contributed by atoms with van der Waals surface area (Å²) in [7, 11) is -4.66. The number of benzene rings is 7. The molecule has 1 N–H and O–H groups in total. The van der Waals surface area contributed by atoms with E-state index in [0.717, 1.165) is 6.42 Å². The van der Waals surface area contributed by atoms with Gasteiger partial charge in [0.2, 0.25) is 0 Å². The summed E-state index contributed by atoms with van der Waals surface area (Å²) < 4.78 is 0. The Morgan fingerprint density at radius 3 is 1.75 bits per heavy atom. The molecule has 0 radical (unpaired) electrons. The van der Waals surface area contributed by atoms with Crippen LogP contribution in [0.3, 0.4) is 0 Å². The second kappa shape index (κ2) is 19.1. The van der Waals surface area contributed by atoms with Crippen LogP contribution in [-0.2, 0) is 0 Å². The number of nitrogens with one attached hydrogen (secondary N) is 1. The molecule has 2 saturated heterocycles. The minimum atomic E-state index is -1.27. The van der Waals surface area contributed by atoms with E-state index in [9.17, 15) is 0 Å². The molecular formula is C71H78N2S4. The van der Waals surface area contributed by atoms with Crippen LogP contribution in [0.5, 0.6) is 0 Å². The van der Waals surface area contributed by atoms with Gasteiger partial charge in [-0.1, -0.05) is 144 Å². The highest BCUT2D eigenvalue weighted by Crippen LogP contribution is 2.77. The summed E-state index contributed by atoms with van der Waals surface area (Å²) in [4.78, 5) is 15.1. The Balaban J connectivity index is 0.00000138. The first-order valence-corrected chi connectivity index (χ1v) is 37.6. The van der Waals surface area contributed by atoms with Gasteiger partial charge in [-0.2, -0.15) is 40.1 Å². The number of anilines is 4. The zero-order valence-corrected chi connectivity index (χ0v) is 50.2. The van der Waals surface area contributed by atoms with Crippen molar-refractivity contribution >= 4 is 68.4 Å². The third-order valence-electron chi connectivity index (χ3n) is 18.5. The molecule has 0 amide bonds. The van der Waals surface area contributed by atoms with E-state index in [0.29, 0.717) is 0 Å². The van der Waals surface area contributed by atoms with Crippen molar-refractivity contribution in [2.45, 2.75) is 113 Å². The summed E-state index contributed by atoms with van der Waals surface area (Å²) in [6, 6.07) is 59.9. The molecule has 8 aliphatic rings. The van der Waals surface area contributed by atoms with E-state index in [1.807, 2.05) is 27.7 Å². The van der Waals surface area contributed by atoms with Crippen LogP contribution in [0.2, 0.25) is 0 Å². The Kier molecular flexibility index (Phi) is 12.6. The quantitative estimate of drug-likeness (QED) is 0.190. The number of nitrogens with zero attached hydrogens (tertiary/aromatic N) is 1. The maximum Gasteiger partial charge on any atom is 0.0586 e. The smallest absolute Gasteiger partial charge is 0.0586 e. The number of hydrogen-bond acceptors (Lipinski definition) is 2. The predicted molar refractivity (Wildman–Crippen MR) is 344 cm³/mol. The minimum absolute atomic E-state index is 0.0871. The fourth-order valence-corrected chi connectivity index (χ4v) is 29.1. The van der Waals surface area contributed by atoms with Crippen LogP contribution < -0.4 is 10.2 Å². The van der Waals surface area contributed by atoms with Gasteiger partial charge in [0, 0.05) is 52.1 Å². The van der Waals surface area contributed by atoms with E-state index in [1.54, 1.807) is 39.8 Å². The van der Waals surface area contributed by atoms with Gasteiger partial charge in [-0.25, -0.2) is 0 Å². The molecule has 0 saturated carbocycles. The van der Waals surface area contributed by atoms with Gasteiger partial charge in [0.25, 0.3) is 0 Å². The van der Waals surface area contributed by atoms with Gasteiger partial charge in [-0.3, -0.25) is 0 Å². The summed E-state index contributed by atoms with van der Waals surface area (Å²) in [5, 5.41) is 4.13. The highest BCUT2D eigenvalue weighted by molar-refractivity contribution is 8.36. The van der Waals surface area contributed by atoms with Gasteiger partial charge in [-0.15, -0.1) is 0 Å². The van der Waals surface area contributed by atoms with Crippen LogP contribution in [0.4, 0.5) is 22.7 Å². The molecule has 3 atom stereocenters.